The van der Waals surface area contributed by atoms with Crippen LogP contribution in [-0.2, 0) is 6.61 Å². The van der Waals surface area contributed by atoms with Gasteiger partial charge in [0, 0.05) is 31.7 Å². The third-order valence-electron chi connectivity index (χ3n) is 3.92. The van der Waals surface area contributed by atoms with Crippen molar-refractivity contribution in [2.75, 3.05) is 26.2 Å². The van der Waals surface area contributed by atoms with Crippen LogP contribution in [0.4, 0.5) is 9.59 Å². The molecule has 140 valence electrons. The summed E-state index contributed by atoms with van der Waals surface area (Å²) in [6.07, 6.45) is 2.59. The highest BCUT2D eigenvalue weighted by molar-refractivity contribution is 5.65. The van der Waals surface area contributed by atoms with E-state index >= 15 is 0 Å². The van der Waals surface area contributed by atoms with E-state index in [9.17, 15) is 9.59 Å². The van der Waals surface area contributed by atoms with Crippen LogP contribution in [0, 0.1) is 0 Å². The fourth-order valence-electron chi connectivity index (χ4n) is 2.46. The molecule has 2 saturated heterocycles. The molecule has 3 rings (SSSR count). The number of aliphatic hydroxyl groups is 1. The lowest BCUT2D eigenvalue weighted by atomic mass is 10.2. The standard InChI is InChI=1S/C7H8O2.2C5H9NO2/c8-5-6-3-1-2-4-7(6)9;2*7-5(8)6-3-1-2-4-6/h1-4,8-9H,5H2;2*1-4H2,(H,7,8). The molecule has 2 fully saturated rings. The summed E-state index contributed by atoms with van der Waals surface area (Å²) in [5.41, 5.74) is 0.567. The molecule has 0 bridgehead atoms. The number of carboxylic acid groups (broad SMARTS) is 2. The van der Waals surface area contributed by atoms with Gasteiger partial charge in [-0.15, -0.1) is 0 Å². The predicted molar refractivity (Wildman–Crippen MR) is 91.7 cm³/mol. The quantitative estimate of drug-likeness (QED) is 0.614. The zero-order valence-electron chi connectivity index (χ0n) is 14.2. The summed E-state index contributed by atoms with van der Waals surface area (Å²) in [5, 5.41) is 34.2. The van der Waals surface area contributed by atoms with Crippen LogP contribution in [0.1, 0.15) is 31.2 Å². The van der Waals surface area contributed by atoms with E-state index in [4.69, 9.17) is 20.4 Å². The minimum Gasteiger partial charge on any atom is -0.508 e. The Morgan fingerprint density at radius 1 is 0.840 bits per heavy atom. The average molecular weight is 354 g/mol. The molecule has 2 heterocycles. The topological polar surface area (TPSA) is 122 Å². The number of likely N-dealkylation sites (tertiary alicyclic amines) is 2. The van der Waals surface area contributed by atoms with Crippen LogP contribution in [-0.4, -0.2) is 68.6 Å². The van der Waals surface area contributed by atoms with Gasteiger partial charge in [-0.25, -0.2) is 9.59 Å². The summed E-state index contributed by atoms with van der Waals surface area (Å²) >= 11 is 0. The van der Waals surface area contributed by atoms with E-state index in [2.05, 4.69) is 0 Å². The zero-order valence-corrected chi connectivity index (χ0v) is 14.2. The molecule has 0 spiro atoms. The van der Waals surface area contributed by atoms with Gasteiger partial charge in [0.2, 0.25) is 0 Å². The lowest BCUT2D eigenvalue weighted by Crippen LogP contribution is -2.25. The zero-order chi connectivity index (χ0) is 18.7. The highest BCUT2D eigenvalue weighted by atomic mass is 16.4. The van der Waals surface area contributed by atoms with E-state index in [0.717, 1.165) is 51.9 Å². The molecule has 0 atom stereocenters. The number of para-hydroxylation sites is 1. The maximum atomic E-state index is 10.1. The van der Waals surface area contributed by atoms with Gasteiger partial charge < -0.3 is 30.2 Å². The number of hydrogen-bond acceptors (Lipinski definition) is 4. The van der Waals surface area contributed by atoms with Crippen molar-refractivity contribution >= 4 is 12.2 Å². The predicted octanol–water partition coefficient (Wildman–Crippen LogP) is 2.40. The third kappa shape index (κ3) is 7.75. The third-order valence-corrected chi connectivity index (χ3v) is 3.92. The fraction of sp³-hybridized carbons (Fsp3) is 0.529. The second kappa shape index (κ2) is 11.1. The van der Waals surface area contributed by atoms with Gasteiger partial charge in [-0.1, -0.05) is 18.2 Å². The Kier molecular flexibility index (Phi) is 9.16. The minimum atomic E-state index is -0.775. The molecule has 1 aromatic carbocycles. The molecular weight excluding hydrogens is 328 g/mol. The highest BCUT2D eigenvalue weighted by Crippen LogP contribution is 2.14. The van der Waals surface area contributed by atoms with Gasteiger partial charge in [0.1, 0.15) is 5.75 Å². The fourth-order valence-corrected chi connectivity index (χ4v) is 2.46. The number of rotatable bonds is 1. The Hall–Kier alpha value is -2.48. The maximum Gasteiger partial charge on any atom is 0.407 e. The van der Waals surface area contributed by atoms with Gasteiger partial charge in [-0.05, 0) is 31.7 Å². The number of hydrogen-bond donors (Lipinski definition) is 4. The number of aromatic hydroxyl groups is 1. The van der Waals surface area contributed by atoms with Crippen molar-refractivity contribution in [3.05, 3.63) is 29.8 Å². The van der Waals surface area contributed by atoms with Crippen LogP contribution in [0.15, 0.2) is 24.3 Å². The molecule has 0 unspecified atom stereocenters. The maximum absolute atomic E-state index is 10.1. The molecule has 1 aromatic rings. The molecule has 4 N–H and O–H groups in total. The number of phenols is 1. The van der Waals surface area contributed by atoms with E-state index in [1.165, 1.54) is 9.80 Å². The largest absolute Gasteiger partial charge is 0.508 e. The molecular formula is C17H26N2O6. The molecule has 8 nitrogen and oxygen atoms in total. The van der Waals surface area contributed by atoms with Crippen molar-refractivity contribution in [2.24, 2.45) is 0 Å². The van der Waals surface area contributed by atoms with Gasteiger partial charge in [0.05, 0.1) is 6.61 Å². The number of aliphatic hydroxyl groups excluding tert-OH is 1. The first-order chi connectivity index (χ1) is 12.0. The summed E-state index contributed by atoms with van der Waals surface area (Å²) in [5.74, 6) is 0.153. The first-order valence-electron chi connectivity index (χ1n) is 8.29. The second-order valence-corrected chi connectivity index (χ2v) is 5.74. The SMILES string of the molecule is O=C(O)N1CCCC1.O=C(O)N1CCCC1.OCc1ccccc1O. The number of nitrogens with zero attached hydrogens (tertiary/aromatic N) is 2. The first-order valence-corrected chi connectivity index (χ1v) is 8.29. The van der Waals surface area contributed by atoms with Gasteiger partial charge in [0.15, 0.2) is 0 Å². The van der Waals surface area contributed by atoms with Crippen LogP contribution in [0.5, 0.6) is 5.75 Å². The van der Waals surface area contributed by atoms with Crippen molar-refractivity contribution in [3.63, 3.8) is 0 Å². The molecule has 0 aromatic heterocycles. The number of carbonyl (C=O) groups is 2. The molecule has 2 aliphatic rings. The summed E-state index contributed by atoms with van der Waals surface area (Å²) in [4.78, 5) is 23.1. The first kappa shape index (κ1) is 20.6. The van der Waals surface area contributed by atoms with Crippen LogP contribution in [0.25, 0.3) is 0 Å². The van der Waals surface area contributed by atoms with E-state index in [-0.39, 0.29) is 12.4 Å². The lowest BCUT2D eigenvalue weighted by molar-refractivity contribution is 0.154. The normalized spacial score (nSPS) is 15.7. The highest BCUT2D eigenvalue weighted by Gasteiger charge is 2.15. The van der Waals surface area contributed by atoms with Crippen LogP contribution in [0.3, 0.4) is 0 Å². The van der Waals surface area contributed by atoms with Crippen molar-refractivity contribution in [2.45, 2.75) is 32.3 Å². The Bertz CT molecular complexity index is 514. The number of amides is 2. The van der Waals surface area contributed by atoms with Crippen molar-refractivity contribution in [1.82, 2.24) is 9.80 Å². The van der Waals surface area contributed by atoms with Crippen molar-refractivity contribution < 1.29 is 30.0 Å². The second-order valence-electron chi connectivity index (χ2n) is 5.74. The summed E-state index contributed by atoms with van der Waals surface area (Å²) in [6, 6.07) is 6.71. The Balaban J connectivity index is 0.000000188. The van der Waals surface area contributed by atoms with Crippen molar-refractivity contribution in [1.29, 1.82) is 0 Å². The number of benzene rings is 1. The molecule has 25 heavy (non-hydrogen) atoms. The van der Waals surface area contributed by atoms with Crippen LogP contribution in [0.2, 0.25) is 0 Å². The van der Waals surface area contributed by atoms with Crippen LogP contribution < -0.4 is 0 Å². The van der Waals surface area contributed by atoms with Gasteiger partial charge in [-0.3, -0.25) is 0 Å². The van der Waals surface area contributed by atoms with Gasteiger partial charge >= 0.3 is 12.2 Å². The Morgan fingerprint density at radius 2 is 1.24 bits per heavy atom. The van der Waals surface area contributed by atoms with Crippen LogP contribution >= 0.6 is 0 Å². The minimum absolute atomic E-state index is 0.104. The van der Waals surface area contributed by atoms with E-state index in [1.54, 1.807) is 24.3 Å². The van der Waals surface area contributed by atoms with E-state index in [0.29, 0.717) is 5.56 Å². The molecule has 0 radical (unpaired) electrons. The van der Waals surface area contributed by atoms with Gasteiger partial charge in [0.25, 0.3) is 0 Å². The van der Waals surface area contributed by atoms with Gasteiger partial charge in [-0.2, -0.15) is 0 Å². The van der Waals surface area contributed by atoms with Crippen molar-refractivity contribution in [3.8, 4) is 5.75 Å². The average Bonchev–Trinajstić information content (AvgIpc) is 3.30. The van der Waals surface area contributed by atoms with E-state index in [1.807, 2.05) is 0 Å². The molecule has 2 aliphatic heterocycles. The molecule has 8 heteroatoms. The Labute approximate surface area is 146 Å². The molecule has 2 amide bonds. The lowest BCUT2D eigenvalue weighted by Gasteiger charge is -2.07. The Morgan fingerprint density at radius 3 is 1.48 bits per heavy atom. The summed E-state index contributed by atoms with van der Waals surface area (Å²) in [7, 11) is 0. The summed E-state index contributed by atoms with van der Waals surface area (Å²) in [6.45, 7) is 2.82. The molecule has 0 aliphatic carbocycles. The van der Waals surface area contributed by atoms with E-state index < -0.39 is 12.2 Å². The summed E-state index contributed by atoms with van der Waals surface area (Å²) < 4.78 is 0. The molecule has 0 saturated carbocycles. The smallest absolute Gasteiger partial charge is 0.407 e. The monoisotopic (exact) mass is 354 g/mol.